The summed E-state index contributed by atoms with van der Waals surface area (Å²) in [5.41, 5.74) is 5.66. The van der Waals surface area contributed by atoms with Crippen molar-refractivity contribution in [3.8, 4) is 0 Å². The summed E-state index contributed by atoms with van der Waals surface area (Å²) in [6.45, 7) is 2.91. The van der Waals surface area contributed by atoms with Crippen LogP contribution in [0.3, 0.4) is 0 Å². The zero-order valence-electron chi connectivity index (χ0n) is 11.0. The lowest BCUT2D eigenvalue weighted by molar-refractivity contribution is -0.121. The SMILES string of the molecule is CC(N)CCCC(=O)NCC1CC2CCC1C2. The Morgan fingerprint density at radius 2 is 2.24 bits per heavy atom. The summed E-state index contributed by atoms with van der Waals surface area (Å²) in [5, 5.41) is 3.10. The van der Waals surface area contributed by atoms with Crippen LogP contribution in [0.15, 0.2) is 0 Å². The van der Waals surface area contributed by atoms with E-state index in [1.54, 1.807) is 0 Å². The number of carbonyl (C=O) groups excluding carboxylic acids is 1. The largest absolute Gasteiger partial charge is 0.356 e. The van der Waals surface area contributed by atoms with Gasteiger partial charge in [0.15, 0.2) is 0 Å². The van der Waals surface area contributed by atoms with Crippen molar-refractivity contribution in [1.82, 2.24) is 5.32 Å². The Labute approximate surface area is 105 Å². The minimum atomic E-state index is 0.216. The van der Waals surface area contributed by atoms with Crippen LogP contribution in [0.4, 0.5) is 0 Å². The number of rotatable bonds is 6. The van der Waals surface area contributed by atoms with Crippen LogP contribution < -0.4 is 11.1 Å². The highest BCUT2D eigenvalue weighted by molar-refractivity contribution is 5.75. The van der Waals surface area contributed by atoms with Gasteiger partial charge in [-0.25, -0.2) is 0 Å². The minimum absolute atomic E-state index is 0.216. The van der Waals surface area contributed by atoms with Gasteiger partial charge in [0, 0.05) is 19.0 Å². The maximum atomic E-state index is 11.6. The second-order valence-electron chi connectivity index (χ2n) is 6.11. The van der Waals surface area contributed by atoms with Gasteiger partial charge < -0.3 is 11.1 Å². The fourth-order valence-corrected chi connectivity index (χ4v) is 3.54. The van der Waals surface area contributed by atoms with Crippen molar-refractivity contribution in [3.05, 3.63) is 0 Å². The van der Waals surface area contributed by atoms with Crippen molar-refractivity contribution in [2.45, 2.75) is 57.9 Å². The molecule has 2 bridgehead atoms. The summed E-state index contributed by atoms with van der Waals surface area (Å²) >= 11 is 0. The summed E-state index contributed by atoms with van der Waals surface area (Å²) in [6, 6.07) is 0.216. The monoisotopic (exact) mass is 238 g/mol. The van der Waals surface area contributed by atoms with Crippen LogP contribution >= 0.6 is 0 Å². The number of amides is 1. The number of hydrogen-bond acceptors (Lipinski definition) is 2. The van der Waals surface area contributed by atoms with Gasteiger partial charge in [0.25, 0.3) is 0 Å². The molecule has 0 aromatic heterocycles. The molecule has 4 atom stereocenters. The van der Waals surface area contributed by atoms with E-state index in [2.05, 4.69) is 5.32 Å². The first kappa shape index (κ1) is 12.9. The number of nitrogens with one attached hydrogen (secondary N) is 1. The Hall–Kier alpha value is -0.570. The molecule has 1 amide bonds. The van der Waals surface area contributed by atoms with Crippen molar-refractivity contribution in [3.63, 3.8) is 0 Å². The third-order valence-electron chi connectivity index (χ3n) is 4.51. The fraction of sp³-hybridized carbons (Fsp3) is 0.929. The summed E-state index contributed by atoms with van der Waals surface area (Å²) < 4.78 is 0. The molecule has 2 aliphatic rings. The van der Waals surface area contributed by atoms with Crippen LogP contribution in [-0.4, -0.2) is 18.5 Å². The third kappa shape index (κ3) is 3.70. The number of fused-ring (bicyclic) bond motifs is 2. The highest BCUT2D eigenvalue weighted by atomic mass is 16.1. The third-order valence-corrected chi connectivity index (χ3v) is 4.51. The molecular weight excluding hydrogens is 212 g/mol. The van der Waals surface area contributed by atoms with Crippen molar-refractivity contribution in [2.24, 2.45) is 23.5 Å². The molecule has 0 aromatic rings. The maximum Gasteiger partial charge on any atom is 0.220 e. The summed E-state index contributed by atoms with van der Waals surface area (Å²) in [4.78, 5) is 11.6. The number of nitrogens with two attached hydrogens (primary N) is 1. The minimum Gasteiger partial charge on any atom is -0.356 e. The first-order valence-electron chi connectivity index (χ1n) is 7.17. The van der Waals surface area contributed by atoms with E-state index >= 15 is 0 Å². The Balaban J connectivity index is 1.57. The second kappa shape index (κ2) is 5.85. The van der Waals surface area contributed by atoms with E-state index in [0.29, 0.717) is 6.42 Å². The zero-order chi connectivity index (χ0) is 12.3. The van der Waals surface area contributed by atoms with Crippen molar-refractivity contribution < 1.29 is 4.79 Å². The van der Waals surface area contributed by atoms with E-state index in [4.69, 9.17) is 5.73 Å². The molecule has 0 heterocycles. The molecule has 2 rings (SSSR count). The van der Waals surface area contributed by atoms with Gasteiger partial charge in [-0.1, -0.05) is 6.42 Å². The van der Waals surface area contributed by atoms with Crippen LogP contribution in [0, 0.1) is 17.8 Å². The molecule has 0 aromatic carbocycles. The highest BCUT2D eigenvalue weighted by Crippen LogP contribution is 2.47. The lowest BCUT2D eigenvalue weighted by atomic mass is 9.89. The maximum absolute atomic E-state index is 11.6. The summed E-state index contributed by atoms with van der Waals surface area (Å²) in [7, 11) is 0. The molecule has 0 aliphatic heterocycles. The van der Waals surface area contributed by atoms with Crippen LogP contribution in [0.25, 0.3) is 0 Å². The Bertz CT molecular complexity index is 265. The van der Waals surface area contributed by atoms with Gasteiger partial charge >= 0.3 is 0 Å². The first-order valence-corrected chi connectivity index (χ1v) is 7.17. The van der Waals surface area contributed by atoms with Crippen LogP contribution in [0.5, 0.6) is 0 Å². The zero-order valence-corrected chi connectivity index (χ0v) is 11.0. The molecule has 0 saturated heterocycles. The highest BCUT2D eigenvalue weighted by Gasteiger charge is 2.39. The average molecular weight is 238 g/mol. The van der Waals surface area contributed by atoms with Crippen molar-refractivity contribution >= 4 is 5.91 Å². The average Bonchev–Trinajstić information content (AvgIpc) is 2.87. The molecule has 2 saturated carbocycles. The van der Waals surface area contributed by atoms with E-state index in [-0.39, 0.29) is 11.9 Å². The van der Waals surface area contributed by atoms with E-state index in [0.717, 1.165) is 37.1 Å². The summed E-state index contributed by atoms with van der Waals surface area (Å²) in [6.07, 6.45) is 8.11. The number of carbonyl (C=O) groups is 1. The van der Waals surface area contributed by atoms with Gasteiger partial charge in [0.05, 0.1) is 0 Å². The van der Waals surface area contributed by atoms with Gasteiger partial charge in [-0.3, -0.25) is 4.79 Å². The molecule has 3 heteroatoms. The lowest BCUT2D eigenvalue weighted by Crippen LogP contribution is -2.31. The standard InChI is InChI=1S/C14H26N2O/c1-10(15)3-2-4-14(17)16-9-13-8-11-5-6-12(13)7-11/h10-13H,2-9,15H2,1H3,(H,16,17). The smallest absolute Gasteiger partial charge is 0.220 e. The molecule has 0 spiro atoms. The first-order chi connectivity index (χ1) is 8.15. The predicted molar refractivity (Wildman–Crippen MR) is 69.4 cm³/mol. The lowest BCUT2D eigenvalue weighted by Gasteiger charge is -2.21. The molecule has 3 nitrogen and oxygen atoms in total. The van der Waals surface area contributed by atoms with E-state index in [9.17, 15) is 4.79 Å². The normalized spacial score (nSPS) is 32.7. The molecular formula is C14H26N2O. The molecule has 4 unspecified atom stereocenters. The Morgan fingerprint density at radius 1 is 1.41 bits per heavy atom. The summed E-state index contributed by atoms with van der Waals surface area (Å²) in [5.74, 6) is 2.86. The number of hydrogen-bond donors (Lipinski definition) is 2. The Morgan fingerprint density at radius 3 is 2.82 bits per heavy atom. The molecule has 17 heavy (non-hydrogen) atoms. The predicted octanol–water partition coefficient (Wildman–Crippen LogP) is 2.06. The van der Waals surface area contributed by atoms with Crippen molar-refractivity contribution in [2.75, 3.05) is 6.54 Å². The van der Waals surface area contributed by atoms with E-state index < -0.39 is 0 Å². The van der Waals surface area contributed by atoms with Gasteiger partial charge in [-0.05, 0) is 56.8 Å². The van der Waals surface area contributed by atoms with E-state index in [1.807, 2.05) is 6.92 Å². The molecule has 2 aliphatic carbocycles. The van der Waals surface area contributed by atoms with E-state index in [1.165, 1.54) is 25.7 Å². The second-order valence-corrected chi connectivity index (χ2v) is 6.11. The van der Waals surface area contributed by atoms with Gasteiger partial charge in [-0.15, -0.1) is 0 Å². The van der Waals surface area contributed by atoms with Crippen molar-refractivity contribution in [1.29, 1.82) is 0 Å². The quantitative estimate of drug-likeness (QED) is 0.744. The van der Waals surface area contributed by atoms with Crippen LogP contribution in [0.1, 0.15) is 51.9 Å². The van der Waals surface area contributed by atoms with Gasteiger partial charge in [0.2, 0.25) is 5.91 Å². The van der Waals surface area contributed by atoms with Gasteiger partial charge in [0.1, 0.15) is 0 Å². The van der Waals surface area contributed by atoms with Gasteiger partial charge in [-0.2, -0.15) is 0 Å². The molecule has 98 valence electrons. The Kier molecular flexibility index (Phi) is 4.43. The molecule has 2 fully saturated rings. The molecule has 3 N–H and O–H groups in total. The van der Waals surface area contributed by atoms with Crippen LogP contribution in [-0.2, 0) is 4.79 Å². The fourth-order valence-electron chi connectivity index (χ4n) is 3.54. The molecule has 0 radical (unpaired) electrons. The topological polar surface area (TPSA) is 55.1 Å². The van der Waals surface area contributed by atoms with Crippen LogP contribution in [0.2, 0.25) is 0 Å².